The Morgan fingerprint density at radius 2 is 2.19 bits per heavy atom. The number of benzene rings is 1. The highest BCUT2D eigenvalue weighted by molar-refractivity contribution is 9.10. The van der Waals surface area contributed by atoms with Crippen LogP contribution in [-0.4, -0.2) is 26.2 Å². The Hall–Kier alpha value is -0.910. The Balaban J connectivity index is 2.50. The van der Waals surface area contributed by atoms with E-state index >= 15 is 0 Å². The molecule has 1 aromatic rings. The van der Waals surface area contributed by atoms with Crippen molar-refractivity contribution in [3.05, 3.63) is 33.8 Å². The molecule has 0 radical (unpaired) electrons. The van der Waals surface area contributed by atoms with Gasteiger partial charge in [-0.1, -0.05) is 15.9 Å². The van der Waals surface area contributed by atoms with E-state index in [2.05, 4.69) is 21.4 Å². The van der Waals surface area contributed by atoms with E-state index in [4.69, 9.17) is 9.57 Å². The van der Waals surface area contributed by atoms with Crippen molar-refractivity contribution in [2.45, 2.75) is 6.92 Å². The van der Waals surface area contributed by atoms with Crippen LogP contribution in [-0.2, 0) is 9.57 Å². The number of nitrogens with one attached hydrogen (secondary N) is 1. The third kappa shape index (κ3) is 3.92. The molecule has 0 heterocycles. The van der Waals surface area contributed by atoms with Crippen molar-refractivity contribution in [3.8, 4) is 0 Å². The van der Waals surface area contributed by atoms with Crippen LogP contribution < -0.4 is 5.48 Å². The van der Waals surface area contributed by atoms with Gasteiger partial charge in [0.15, 0.2) is 0 Å². The van der Waals surface area contributed by atoms with Gasteiger partial charge in [0.25, 0.3) is 5.91 Å². The van der Waals surface area contributed by atoms with Gasteiger partial charge in [0.05, 0.1) is 13.2 Å². The summed E-state index contributed by atoms with van der Waals surface area (Å²) in [5.41, 5.74) is 3.92. The van der Waals surface area contributed by atoms with Crippen LogP contribution in [0.1, 0.15) is 15.9 Å². The summed E-state index contributed by atoms with van der Waals surface area (Å²) in [4.78, 5) is 16.5. The van der Waals surface area contributed by atoms with Crippen LogP contribution in [0.3, 0.4) is 0 Å². The molecule has 0 saturated heterocycles. The molecule has 4 nitrogen and oxygen atoms in total. The van der Waals surface area contributed by atoms with Crippen molar-refractivity contribution in [3.63, 3.8) is 0 Å². The SMILES string of the molecule is COCCONC(=O)c1ccc(Br)c(C)c1. The second-order valence-corrected chi connectivity index (χ2v) is 4.09. The molecular weight excluding hydrogens is 274 g/mol. The molecule has 16 heavy (non-hydrogen) atoms. The van der Waals surface area contributed by atoms with Crippen LogP contribution >= 0.6 is 15.9 Å². The van der Waals surface area contributed by atoms with Crippen LogP contribution in [0, 0.1) is 6.92 Å². The monoisotopic (exact) mass is 287 g/mol. The van der Waals surface area contributed by atoms with Crippen molar-refractivity contribution in [1.82, 2.24) is 5.48 Å². The van der Waals surface area contributed by atoms with E-state index in [1.807, 2.05) is 13.0 Å². The minimum atomic E-state index is -0.258. The van der Waals surface area contributed by atoms with E-state index in [0.717, 1.165) is 10.0 Å². The molecule has 0 aromatic heterocycles. The summed E-state index contributed by atoms with van der Waals surface area (Å²) in [6.07, 6.45) is 0. The predicted molar refractivity (Wildman–Crippen MR) is 64.2 cm³/mol. The number of methoxy groups -OCH3 is 1. The molecule has 0 spiro atoms. The minimum Gasteiger partial charge on any atom is -0.382 e. The zero-order chi connectivity index (χ0) is 12.0. The fourth-order valence-electron chi connectivity index (χ4n) is 1.09. The molecule has 0 aliphatic rings. The number of hydroxylamine groups is 1. The van der Waals surface area contributed by atoms with E-state index in [-0.39, 0.29) is 5.91 Å². The fourth-order valence-corrected chi connectivity index (χ4v) is 1.33. The quantitative estimate of drug-likeness (QED) is 0.666. The average Bonchev–Trinajstić information content (AvgIpc) is 2.28. The number of halogens is 1. The van der Waals surface area contributed by atoms with Gasteiger partial charge < -0.3 is 4.74 Å². The van der Waals surface area contributed by atoms with Gasteiger partial charge in [0, 0.05) is 17.1 Å². The zero-order valence-electron chi connectivity index (χ0n) is 9.25. The highest BCUT2D eigenvalue weighted by atomic mass is 79.9. The Morgan fingerprint density at radius 1 is 1.44 bits per heavy atom. The maximum absolute atomic E-state index is 11.6. The maximum Gasteiger partial charge on any atom is 0.274 e. The summed E-state index contributed by atoms with van der Waals surface area (Å²) < 4.78 is 5.76. The highest BCUT2D eigenvalue weighted by Crippen LogP contribution is 2.16. The summed E-state index contributed by atoms with van der Waals surface area (Å²) >= 11 is 3.37. The number of hydrogen-bond donors (Lipinski definition) is 1. The van der Waals surface area contributed by atoms with Gasteiger partial charge in [-0.3, -0.25) is 9.63 Å². The first-order valence-corrected chi connectivity index (χ1v) is 5.61. The summed E-state index contributed by atoms with van der Waals surface area (Å²) in [7, 11) is 1.57. The van der Waals surface area contributed by atoms with Crippen LogP contribution in [0.15, 0.2) is 22.7 Å². The van der Waals surface area contributed by atoms with Gasteiger partial charge in [-0.05, 0) is 30.7 Å². The summed E-state index contributed by atoms with van der Waals surface area (Å²) in [6.45, 7) is 2.70. The van der Waals surface area contributed by atoms with Gasteiger partial charge in [0.2, 0.25) is 0 Å². The van der Waals surface area contributed by atoms with Crippen molar-refractivity contribution in [1.29, 1.82) is 0 Å². The Labute approximate surface area is 103 Å². The number of carbonyl (C=O) groups excluding carboxylic acids is 1. The summed E-state index contributed by atoms with van der Waals surface area (Å²) in [5, 5.41) is 0. The van der Waals surface area contributed by atoms with Gasteiger partial charge in [-0.2, -0.15) is 0 Å². The van der Waals surface area contributed by atoms with E-state index in [9.17, 15) is 4.79 Å². The molecule has 0 aliphatic heterocycles. The molecule has 0 saturated carbocycles. The summed E-state index contributed by atoms with van der Waals surface area (Å²) in [6, 6.07) is 5.35. The number of aryl methyl sites for hydroxylation is 1. The maximum atomic E-state index is 11.6. The number of amides is 1. The van der Waals surface area contributed by atoms with E-state index in [1.54, 1.807) is 19.2 Å². The molecule has 1 rings (SSSR count). The lowest BCUT2D eigenvalue weighted by atomic mass is 10.1. The zero-order valence-corrected chi connectivity index (χ0v) is 10.8. The van der Waals surface area contributed by atoms with Crippen molar-refractivity contribution in [2.24, 2.45) is 0 Å². The van der Waals surface area contributed by atoms with Crippen molar-refractivity contribution in [2.75, 3.05) is 20.3 Å². The smallest absolute Gasteiger partial charge is 0.274 e. The molecule has 0 bridgehead atoms. The van der Waals surface area contributed by atoms with Crippen molar-refractivity contribution < 1.29 is 14.4 Å². The third-order valence-electron chi connectivity index (χ3n) is 1.97. The second-order valence-electron chi connectivity index (χ2n) is 3.24. The molecule has 0 unspecified atom stereocenters. The third-order valence-corrected chi connectivity index (χ3v) is 2.86. The molecule has 1 aromatic carbocycles. The predicted octanol–water partition coefficient (Wildman–Crippen LogP) is 2.07. The van der Waals surface area contributed by atoms with E-state index < -0.39 is 0 Å². The minimum absolute atomic E-state index is 0.258. The van der Waals surface area contributed by atoms with Crippen LogP contribution in [0.4, 0.5) is 0 Å². The van der Waals surface area contributed by atoms with Gasteiger partial charge in [-0.15, -0.1) is 0 Å². The first-order valence-electron chi connectivity index (χ1n) is 4.82. The number of hydrogen-bond acceptors (Lipinski definition) is 3. The summed E-state index contributed by atoms with van der Waals surface area (Å²) in [5.74, 6) is -0.258. The molecule has 0 aliphatic carbocycles. The lowest BCUT2D eigenvalue weighted by molar-refractivity contribution is 0.00888. The molecule has 1 N–H and O–H groups in total. The number of carbonyl (C=O) groups is 1. The van der Waals surface area contributed by atoms with Gasteiger partial charge in [0.1, 0.15) is 0 Å². The highest BCUT2D eigenvalue weighted by Gasteiger charge is 2.06. The number of ether oxygens (including phenoxy) is 1. The fraction of sp³-hybridized carbons (Fsp3) is 0.364. The lowest BCUT2D eigenvalue weighted by Crippen LogP contribution is -2.25. The largest absolute Gasteiger partial charge is 0.382 e. The molecule has 0 fully saturated rings. The molecular formula is C11H14BrNO3. The first kappa shape index (κ1) is 13.2. The first-order chi connectivity index (χ1) is 7.65. The van der Waals surface area contributed by atoms with Crippen molar-refractivity contribution >= 4 is 21.8 Å². The van der Waals surface area contributed by atoms with Gasteiger partial charge >= 0.3 is 0 Å². The lowest BCUT2D eigenvalue weighted by Gasteiger charge is -2.06. The molecule has 0 atom stereocenters. The average molecular weight is 288 g/mol. The molecule has 1 amide bonds. The van der Waals surface area contributed by atoms with E-state index in [0.29, 0.717) is 18.8 Å². The Kier molecular flexibility index (Phi) is 5.45. The van der Waals surface area contributed by atoms with Crippen LogP contribution in [0.5, 0.6) is 0 Å². The Bertz CT molecular complexity index is 368. The van der Waals surface area contributed by atoms with Crippen LogP contribution in [0.25, 0.3) is 0 Å². The molecule has 88 valence electrons. The second kappa shape index (κ2) is 6.62. The molecule has 5 heteroatoms. The van der Waals surface area contributed by atoms with Gasteiger partial charge in [-0.25, -0.2) is 5.48 Å². The van der Waals surface area contributed by atoms with Crippen LogP contribution in [0.2, 0.25) is 0 Å². The topological polar surface area (TPSA) is 47.6 Å². The standard InChI is InChI=1S/C11H14BrNO3/c1-8-7-9(3-4-10(8)12)11(14)13-16-6-5-15-2/h3-4,7H,5-6H2,1-2H3,(H,13,14). The Morgan fingerprint density at radius 3 is 2.81 bits per heavy atom. The normalized spacial score (nSPS) is 10.2. The van der Waals surface area contributed by atoms with E-state index in [1.165, 1.54) is 0 Å². The number of rotatable bonds is 5.